The van der Waals surface area contributed by atoms with Crippen molar-refractivity contribution in [1.82, 2.24) is 45.4 Å². The number of aromatic hydroxyl groups is 1. The maximum absolute atomic E-state index is 14.0. The monoisotopic (exact) mass is 1090 g/mol. The predicted octanol–water partition coefficient (Wildman–Crippen LogP) is 6.65. The Kier molecular flexibility index (Phi) is 15.1. The van der Waals surface area contributed by atoms with Gasteiger partial charge in [0.2, 0.25) is 17.7 Å². The maximum Gasteiger partial charge on any atom is 0.355 e. The highest BCUT2D eigenvalue weighted by Crippen LogP contribution is 2.41. The first-order chi connectivity index (χ1) is 36.0. The normalized spacial score (nSPS) is 15.3. The number of pyridine rings is 1. The molecular weight excluding hydrogens is 1040 g/mol. The van der Waals surface area contributed by atoms with Gasteiger partial charge in [0, 0.05) is 40.1 Å². The molecule has 2 aromatic carbocycles. The van der Waals surface area contributed by atoms with Crippen molar-refractivity contribution in [1.29, 1.82) is 0 Å². The number of carboxylic acids is 2. The van der Waals surface area contributed by atoms with Crippen LogP contribution in [-0.2, 0) is 27.2 Å². The average molecular weight is 1090 g/mol. The number of aliphatic carboxylic acids is 1. The van der Waals surface area contributed by atoms with Gasteiger partial charge in [0.25, 0.3) is 11.8 Å². The summed E-state index contributed by atoms with van der Waals surface area (Å²) in [5, 5.41) is 42.3. The number of oxazole rings is 1. The summed E-state index contributed by atoms with van der Waals surface area (Å²) in [5.74, 6) is -5.03. The van der Waals surface area contributed by atoms with Crippen molar-refractivity contribution in [3.8, 4) is 50.0 Å². The fourth-order valence-electron chi connectivity index (χ4n) is 8.04. The Morgan fingerprint density at radius 1 is 0.747 bits per heavy atom. The minimum atomic E-state index is -1.27. The zero-order chi connectivity index (χ0) is 53.1. The van der Waals surface area contributed by atoms with E-state index < -0.39 is 60.2 Å². The van der Waals surface area contributed by atoms with E-state index in [-0.39, 0.29) is 69.9 Å². The number of nitrogens with zero attached hydrogens (tertiary/aromatic N) is 7. The number of phenols is 1. The van der Waals surface area contributed by atoms with Crippen molar-refractivity contribution in [2.75, 3.05) is 0 Å². The Bertz CT molecular complexity index is 3500. The van der Waals surface area contributed by atoms with Gasteiger partial charge in [-0.15, -0.1) is 45.3 Å². The van der Waals surface area contributed by atoms with Gasteiger partial charge in [-0.05, 0) is 48.7 Å². The van der Waals surface area contributed by atoms with Gasteiger partial charge in [-0.2, -0.15) is 0 Å². The molecule has 9 N–H and O–H groups in total. The molecule has 6 aromatic heterocycles. The molecule has 0 saturated carbocycles. The lowest BCUT2D eigenvalue weighted by Crippen LogP contribution is -2.43. The van der Waals surface area contributed by atoms with Crippen molar-refractivity contribution in [3.05, 3.63) is 145 Å². The van der Waals surface area contributed by atoms with Gasteiger partial charge in [-0.3, -0.25) is 19.2 Å². The number of aromatic nitrogens is 6. The fourth-order valence-corrected chi connectivity index (χ4v) is 11.5. The molecule has 8 aromatic rings. The highest BCUT2D eigenvalue weighted by molar-refractivity contribution is 7.14. The van der Waals surface area contributed by atoms with Gasteiger partial charge >= 0.3 is 11.9 Å². The van der Waals surface area contributed by atoms with Crippen LogP contribution in [0.15, 0.2) is 105 Å². The molecule has 1 aliphatic rings. The molecule has 21 nitrogen and oxygen atoms in total. The summed E-state index contributed by atoms with van der Waals surface area (Å²) < 4.78 is 6.11. The van der Waals surface area contributed by atoms with E-state index in [0.29, 0.717) is 43.2 Å². The third kappa shape index (κ3) is 11.6. The minimum Gasteiger partial charge on any atom is -0.508 e. The quantitative estimate of drug-likeness (QED) is 0.0445. The number of aromatic carboxylic acids is 1. The Hall–Kier alpha value is -8.36. The number of carbonyl (C=O) groups is 6. The predicted molar refractivity (Wildman–Crippen MR) is 278 cm³/mol. The highest BCUT2D eigenvalue weighted by Gasteiger charge is 2.37. The molecule has 0 radical (unpaired) electrons. The number of primary amides is 1. The van der Waals surface area contributed by atoms with E-state index in [1.165, 1.54) is 40.4 Å². The molecular formula is C50H43N11O10S4. The van der Waals surface area contributed by atoms with E-state index in [1.807, 2.05) is 18.4 Å². The van der Waals surface area contributed by atoms with E-state index in [1.54, 1.807) is 83.2 Å². The summed E-state index contributed by atoms with van der Waals surface area (Å²) in [7, 11) is 0. The number of thiazole rings is 4. The second-order valence-electron chi connectivity index (χ2n) is 17.2. The van der Waals surface area contributed by atoms with Crippen LogP contribution in [0.2, 0.25) is 0 Å². The number of carboxylic acid groups (broad SMARTS) is 2. The molecule has 0 bridgehead atoms. The first-order valence-electron chi connectivity index (χ1n) is 22.8. The molecule has 7 heterocycles. The second kappa shape index (κ2) is 22.0. The molecule has 4 amide bonds. The van der Waals surface area contributed by atoms with Crippen LogP contribution in [0.1, 0.15) is 83.8 Å². The number of hydrogen-bond acceptors (Lipinski definition) is 19. The molecule has 5 atom stereocenters. The van der Waals surface area contributed by atoms with Gasteiger partial charge < -0.3 is 46.7 Å². The number of amides is 4. The maximum atomic E-state index is 14.0. The summed E-state index contributed by atoms with van der Waals surface area (Å²) >= 11 is 4.67. The Morgan fingerprint density at radius 2 is 1.45 bits per heavy atom. The summed E-state index contributed by atoms with van der Waals surface area (Å²) in [6.07, 6.45) is 3.52. The Balaban J connectivity index is 0.968. The molecule has 0 saturated heterocycles. The minimum absolute atomic E-state index is 0.0164. The van der Waals surface area contributed by atoms with E-state index in [4.69, 9.17) is 30.8 Å². The molecule has 9 rings (SSSR count). The van der Waals surface area contributed by atoms with Gasteiger partial charge in [0.1, 0.15) is 60.4 Å². The van der Waals surface area contributed by atoms with Crippen molar-refractivity contribution < 1.29 is 48.5 Å². The van der Waals surface area contributed by atoms with Crippen molar-refractivity contribution >= 4 is 80.9 Å². The average Bonchev–Trinajstić information content (AvgIpc) is 4.26. The number of phenolic OH excluding ortho intramolecular Hbond substituents is 1. The van der Waals surface area contributed by atoms with Gasteiger partial charge in [-0.1, -0.05) is 55.5 Å². The molecule has 1 aliphatic heterocycles. The van der Waals surface area contributed by atoms with E-state index >= 15 is 0 Å². The highest BCUT2D eigenvalue weighted by atomic mass is 32.1. The summed E-state index contributed by atoms with van der Waals surface area (Å²) in [6, 6.07) is 14.8. The molecule has 25 heteroatoms. The van der Waals surface area contributed by atoms with Crippen LogP contribution in [-0.4, -0.2) is 97.8 Å². The molecule has 75 heavy (non-hydrogen) atoms. The largest absolute Gasteiger partial charge is 0.508 e. The number of carbonyl (C=O) groups excluding carboxylic acids is 4. The lowest BCUT2D eigenvalue weighted by atomic mass is 10.0. The van der Waals surface area contributed by atoms with Gasteiger partial charge in [0.05, 0.1) is 35.8 Å². The van der Waals surface area contributed by atoms with E-state index in [0.717, 1.165) is 28.2 Å². The third-order valence-corrected chi connectivity index (χ3v) is 15.4. The number of nitrogens with two attached hydrogens (primary N) is 2. The number of aryl methyl sites for hydroxylation is 1. The standard InChI is InChI=1S/C50H43N11O10S4/c1-23-14-15-61(48(66)29(51)16-26-8-10-27(62)11-9-26)40(23)47-58-35(21-75-47)46-56-33(19-72-46)39-28(12-13-30(53-39)44-59-36(22-74-44)50(69)70)43-60-38(24(2)71-43)42(65)54-31(18-37(52)63)45-57-34(20-73-45)41(64)55-32(49(67)68)17-25-6-4-3-5-7-25/h3-15,19-23,29,31-32,40,62H,16-18,51H2,1-2H3,(H2,52,63)(H,54,65)(H,55,64)(H,67,68)(H,69,70). The second-order valence-corrected chi connectivity index (χ2v) is 20.7. The van der Waals surface area contributed by atoms with Crippen molar-refractivity contribution in [2.24, 2.45) is 17.4 Å². The molecule has 0 fully saturated rings. The lowest BCUT2D eigenvalue weighted by Gasteiger charge is -2.27. The summed E-state index contributed by atoms with van der Waals surface area (Å²) in [5.41, 5.74) is 14.8. The number of nitrogens with one attached hydrogen (secondary N) is 2. The van der Waals surface area contributed by atoms with E-state index in [9.17, 15) is 44.1 Å². The first kappa shape index (κ1) is 51.5. The third-order valence-electron chi connectivity index (χ3n) is 11.8. The van der Waals surface area contributed by atoms with Crippen molar-refractivity contribution in [3.63, 3.8) is 0 Å². The van der Waals surface area contributed by atoms with Crippen LogP contribution in [0.25, 0.3) is 44.2 Å². The molecule has 382 valence electrons. The summed E-state index contributed by atoms with van der Waals surface area (Å²) in [6.45, 7) is 3.50. The Morgan fingerprint density at radius 3 is 2.17 bits per heavy atom. The molecule has 0 spiro atoms. The topological polar surface area (TPSA) is 333 Å². The first-order valence-corrected chi connectivity index (χ1v) is 26.3. The van der Waals surface area contributed by atoms with Crippen LogP contribution in [0.5, 0.6) is 5.75 Å². The lowest BCUT2D eigenvalue weighted by molar-refractivity contribution is -0.139. The zero-order valence-corrected chi connectivity index (χ0v) is 42.7. The Labute approximate surface area is 441 Å². The summed E-state index contributed by atoms with van der Waals surface area (Å²) in [4.78, 5) is 107. The SMILES string of the molecule is Cc1oc(-c2ccc(-c3nc(C(=O)O)cs3)nc2-c2csc(-c3csc(C4C(C)C=CN4C(=O)C(N)Cc4ccc(O)cc4)n3)n2)nc1C(=O)NC(CC(N)=O)c1nc(C(=O)NC(Cc2ccccc2)C(=O)O)cs1. The van der Waals surface area contributed by atoms with Crippen LogP contribution in [0, 0.1) is 12.8 Å². The smallest absolute Gasteiger partial charge is 0.355 e. The fraction of sp³-hybridized carbons (Fsp3) is 0.200. The number of hydrogen-bond donors (Lipinski definition) is 7. The zero-order valence-electron chi connectivity index (χ0n) is 39.4. The van der Waals surface area contributed by atoms with Crippen LogP contribution in [0.3, 0.4) is 0 Å². The molecule has 0 aliphatic carbocycles. The van der Waals surface area contributed by atoms with Gasteiger partial charge in [-0.25, -0.2) is 39.5 Å². The van der Waals surface area contributed by atoms with Crippen LogP contribution < -0.4 is 22.1 Å². The molecule has 5 unspecified atom stereocenters. The van der Waals surface area contributed by atoms with Crippen LogP contribution in [0.4, 0.5) is 0 Å². The van der Waals surface area contributed by atoms with E-state index in [2.05, 4.69) is 25.6 Å². The number of rotatable bonds is 19. The van der Waals surface area contributed by atoms with Gasteiger partial charge in [0.15, 0.2) is 11.4 Å². The van der Waals surface area contributed by atoms with Crippen molar-refractivity contribution in [2.45, 2.75) is 57.3 Å². The number of benzene rings is 2. The van der Waals surface area contributed by atoms with Crippen LogP contribution >= 0.6 is 45.3 Å².